The second-order valence-corrected chi connectivity index (χ2v) is 3.52. The van der Waals surface area contributed by atoms with Gasteiger partial charge in [0.1, 0.15) is 12.2 Å². The van der Waals surface area contributed by atoms with Crippen LogP contribution in [-0.2, 0) is 0 Å². The van der Waals surface area contributed by atoms with Gasteiger partial charge in [0.05, 0.1) is 11.7 Å². The Morgan fingerprint density at radius 2 is 2.11 bits per heavy atom. The van der Waals surface area contributed by atoms with Crippen LogP contribution in [0.3, 0.4) is 0 Å². The Hall–Kier alpha value is -2.24. The third-order valence-corrected chi connectivity index (χ3v) is 2.32. The standard InChI is InChI=1S/C12H9F2NO3/c13-10(14)6-18-9-5-15-8-4-2-1-3-7(8)11(9)12(16)17/h1-5,10H,6H2,(H,16,17). The molecule has 0 spiro atoms. The summed E-state index contributed by atoms with van der Waals surface area (Å²) in [5, 5.41) is 9.49. The Morgan fingerprint density at radius 1 is 1.39 bits per heavy atom. The molecule has 2 aromatic rings. The highest BCUT2D eigenvalue weighted by Gasteiger charge is 2.17. The maximum Gasteiger partial charge on any atom is 0.340 e. The highest BCUT2D eigenvalue weighted by Crippen LogP contribution is 2.26. The number of nitrogens with zero attached hydrogens (tertiary/aromatic N) is 1. The molecule has 0 amide bonds. The number of fused-ring (bicyclic) bond motifs is 1. The molecule has 94 valence electrons. The minimum Gasteiger partial charge on any atom is -0.485 e. The Balaban J connectivity index is 2.52. The van der Waals surface area contributed by atoms with Crippen molar-refractivity contribution in [3.63, 3.8) is 0 Å². The van der Waals surface area contributed by atoms with Gasteiger partial charge in [-0.2, -0.15) is 0 Å². The van der Waals surface area contributed by atoms with Crippen molar-refractivity contribution in [1.82, 2.24) is 4.98 Å². The van der Waals surface area contributed by atoms with E-state index in [2.05, 4.69) is 4.98 Å². The first-order valence-corrected chi connectivity index (χ1v) is 5.11. The lowest BCUT2D eigenvalue weighted by Gasteiger charge is -2.10. The summed E-state index contributed by atoms with van der Waals surface area (Å²) in [5.74, 6) is -1.39. The average Bonchev–Trinajstić information content (AvgIpc) is 2.35. The van der Waals surface area contributed by atoms with Crippen LogP contribution >= 0.6 is 0 Å². The topological polar surface area (TPSA) is 59.4 Å². The molecule has 0 saturated heterocycles. The Bertz CT molecular complexity index is 587. The van der Waals surface area contributed by atoms with Gasteiger partial charge in [0, 0.05) is 5.39 Å². The van der Waals surface area contributed by atoms with Crippen molar-refractivity contribution in [2.45, 2.75) is 6.43 Å². The number of aromatic nitrogens is 1. The van der Waals surface area contributed by atoms with Crippen LogP contribution in [0.15, 0.2) is 30.5 Å². The number of carboxylic acid groups (broad SMARTS) is 1. The number of pyridine rings is 1. The van der Waals surface area contributed by atoms with Crippen LogP contribution in [-0.4, -0.2) is 29.1 Å². The number of aromatic carboxylic acids is 1. The van der Waals surface area contributed by atoms with Crippen LogP contribution in [0.1, 0.15) is 10.4 Å². The Morgan fingerprint density at radius 3 is 2.78 bits per heavy atom. The SMILES string of the molecule is O=C(O)c1c(OCC(F)F)cnc2ccccc12. The summed E-state index contributed by atoms with van der Waals surface area (Å²) in [5.41, 5.74) is 0.320. The highest BCUT2D eigenvalue weighted by molar-refractivity contribution is 6.04. The van der Waals surface area contributed by atoms with Gasteiger partial charge in [-0.1, -0.05) is 18.2 Å². The molecule has 1 aromatic heterocycles. The van der Waals surface area contributed by atoms with Crippen LogP contribution < -0.4 is 4.74 Å². The van der Waals surface area contributed by atoms with E-state index in [1.807, 2.05) is 0 Å². The predicted octanol–water partition coefficient (Wildman–Crippen LogP) is 2.58. The predicted molar refractivity (Wildman–Crippen MR) is 60.2 cm³/mol. The Kier molecular flexibility index (Phi) is 3.36. The van der Waals surface area contributed by atoms with Crippen molar-refractivity contribution in [3.8, 4) is 5.75 Å². The summed E-state index contributed by atoms with van der Waals surface area (Å²) in [6, 6.07) is 6.55. The molecule has 2 rings (SSSR count). The van der Waals surface area contributed by atoms with Gasteiger partial charge in [0.2, 0.25) is 0 Å². The van der Waals surface area contributed by atoms with Gasteiger partial charge in [-0.3, -0.25) is 4.98 Å². The second kappa shape index (κ2) is 4.95. The first-order valence-electron chi connectivity index (χ1n) is 5.11. The fourth-order valence-electron chi connectivity index (χ4n) is 1.61. The van der Waals surface area contributed by atoms with E-state index in [0.717, 1.165) is 6.20 Å². The number of ether oxygens (including phenoxy) is 1. The molecule has 1 N–H and O–H groups in total. The van der Waals surface area contributed by atoms with Crippen LogP contribution in [0.25, 0.3) is 10.9 Å². The number of hydrogen-bond donors (Lipinski definition) is 1. The van der Waals surface area contributed by atoms with Crippen molar-refractivity contribution in [2.75, 3.05) is 6.61 Å². The maximum atomic E-state index is 12.1. The number of carbonyl (C=O) groups is 1. The van der Waals surface area contributed by atoms with E-state index in [4.69, 9.17) is 9.84 Å². The quantitative estimate of drug-likeness (QED) is 0.909. The summed E-state index contributed by atoms with van der Waals surface area (Å²) in [6.45, 7) is -0.861. The normalized spacial score (nSPS) is 10.8. The van der Waals surface area contributed by atoms with Gasteiger partial charge in [-0.15, -0.1) is 0 Å². The number of carboxylic acids is 1. The molecular weight excluding hydrogens is 244 g/mol. The van der Waals surface area contributed by atoms with E-state index in [-0.39, 0.29) is 11.3 Å². The van der Waals surface area contributed by atoms with E-state index in [9.17, 15) is 13.6 Å². The largest absolute Gasteiger partial charge is 0.485 e. The average molecular weight is 253 g/mol. The molecule has 18 heavy (non-hydrogen) atoms. The molecule has 4 nitrogen and oxygen atoms in total. The number of benzene rings is 1. The fraction of sp³-hybridized carbons (Fsp3) is 0.167. The van der Waals surface area contributed by atoms with E-state index < -0.39 is 19.0 Å². The van der Waals surface area contributed by atoms with E-state index in [1.54, 1.807) is 24.3 Å². The molecule has 0 saturated carbocycles. The Labute approximate surface area is 101 Å². The number of rotatable bonds is 4. The zero-order chi connectivity index (χ0) is 13.1. The number of halogens is 2. The van der Waals surface area contributed by atoms with Gasteiger partial charge in [0.15, 0.2) is 5.75 Å². The summed E-state index contributed by atoms with van der Waals surface area (Å²) in [4.78, 5) is 15.2. The first kappa shape index (κ1) is 12.2. The lowest BCUT2D eigenvalue weighted by atomic mass is 10.1. The number of hydrogen-bond acceptors (Lipinski definition) is 3. The third kappa shape index (κ3) is 2.37. The summed E-state index contributed by atoms with van der Waals surface area (Å²) < 4.78 is 28.9. The minimum atomic E-state index is -2.67. The lowest BCUT2D eigenvalue weighted by molar-refractivity contribution is 0.0666. The molecule has 0 aliphatic carbocycles. The molecule has 0 radical (unpaired) electrons. The minimum absolute atomic E-state index is 0.151. The monoisotopic (exact) mass is 253 g/mol. The summed E-state index contributed by atoms with van der Waals surface area (Å²) >= 11 is 0. The molecule has 1 heterocycles. The molecule has 0 aliphatic rings. The van der Waals surface area contributed by atoms with E-state index in [0.29, 0.717) is 10.9 Å². The van der Waals surface area contributed by atoms with E-state index in [1.165, 1.54) is 0 Å². The number of para-hydroxylation sites is 1. The highest BCUT2D eigenvalue weighted by atomic mass is 19.3. The number of alkyl halides is 2. The molecule has 6 heteroatoms. The molecular formula is C12H9F2NO3. The van der Waals surface area contributed by atoms with Gasteiger partial charge >= 0.3 is 5.97 Å². The molecule has 0 aliphatic heterocycles. The van der Waals surface area contributed by atoms with Crippen LogP contribution in [0.4, 0.5) is 8.78 Å². The molecule has 0 unspecified atom stereocenters. The first-order chi connectivity index (χ1) is 8.59. The van der Waals surface area contributed by atoms with Gasteiger partial charge < -0.3 is 9.84 Å². The second-order valence-electron chi connectivity index (χ2n) is 3.52. The van der Waals surface area contributed by atoms with Crippen LogP contribution in [0, 0.1) is 0 Å². The van der Waals surface area contributed by atoms with Crippen molar-refractivity contribution >= 4 is 16.9 Å². The van der Waals surface area contributed by atoms with Crippen molar-refractivity contribution in [2.24, 2.45) is 0 Å². The van der Waals surface area contributed by atoms with Crippen molar-refractivity contribution in [1.29, 1.82) is 0 Å². The zero-order valence-electron chi connectivity index (χ0n) is 9.14. The van der Waals surface area contributed by atoms with E-state index >= 15 is 0 Å². The van der Waals surface area contributed by atoms with Crippen LogP contribution in [0.2, 0.25) is 0 Å². The smallest absolute Gasteiger partial charge is 0.340 e. The molecule has 0 bridgehead atoms. The third-order valence-electron chi connectivity index (χ3n) is 2.32. The fourth-order valence-corrected chi connectivity index (χ4v) is 1.61. The summed E-state index contributed by atoms with van der Waals surface area (Å²) in [6.07, 6.45) is -1.52. The van der Waals surface area contributed by atoms with Crippen molar-refractivity contribution < 1.29 is 23.4 Å². The van der Waals surface area contributed by atoms with Crippen molar-refractivity contribution in [3.05, 3.63) is 36.0 Å². The summed E-state index contributed by atoms with van der Waals surface area (Å²) in [7, 11) is 0. The molecule has 0 fully saturated rings. The molecule has 1 aromatic carbocycles. The molecule has 0 atom stereocenters. The zero-order valence-corrected chi connectivity index (χ0v) is 9.14. The van der Waals surface area contributed by atoms with Crippen LogP contribution in [0.5, 0.6) is 5.75 Å². The van der Waals surface area contributed by atoms with Gasteiger partial charge in [0.25, 0.3) is 6.43 Å². The van der Waals surface area contributed by atoms with Gasteiger partial charge in [-0.05, 0) is 6.07 Å². The maximum absolute atomic E-state index is 12.1. The van der Waals surface area contributed by atoms with Gasteiger partial charge in [-0.25, -0.2) is 13.6 Å². The lowest BCUT2D eigenvalue weighted by Crippen LogP contribution is -2.11.